The summed E-state index contributed by atoms with van der Waals surface area (Å²) >= 11 is 0. The fourth-order valence-corrected chi connectivity index (χ4v) is 1.69. The highest BCUT2D eigenvalue weighted by atomic mass is 16.6. The van der Waals surface area contributed by atoms with Gasteiger partial charge in [-0.2, -0.15) is 0 Å². The molecule has 0 radical (unpaired) electrons. The van der Waals surface area contributed by atoms with Gasteiger partial charge in [-0.05, 0) is 24.1 Å². The molecule has 1 aromatic rings. The van der Waals surface area contributed by atoms with Crippen LogP contribution in [0.5, 0.6) is 5.75 Å². The Kier molecular flexibility index (Phi) is 4.76. The number of nitro groups is 1. The van der Waals surface area contributed by atoms with Crippen molar-refractivity contribution in [1.29, 1.82) is 0 Å². The van der Waals surface area contributed by atoms with Crippen molar-refractivity contribution in [1.82, 2.24) is 0 Å². The number of ether oxygens (including phenoxy) is 1. The smallest absolute Gasteiger partial charge is 0.217 e. The lowest BCUT2D eigenvalue weighted by atomic mass is 10.0. The second kappa shape index (κ2) is 6.10. The van der Waals surface area contributed by atoms with E-state index in [1.54, 1.807) is 7.11 Å². The minimum Gasteiger partial charge on any atom is -0.497 e. The minimum atomic E-state index is -0.489. The van der Waals surface area contributed by atoms with Crippen LogP contribution in [0.1, 0.15) is 25.3 Å². The maximum Gasteiger partial charge on any atom is 0.217 e. The molecule has 0 saturated carbocycles. The first-order valence-corrected chi connectivity index (χ1v) is 5.43. The largest absolute Gasteiger partial charge is 0.497 e. The van der Waals surface area contributed by atoms with Crippen molar-refractivity contribution in [3.05, 3.63) is 39.9 Å². The van der Waals surface area contributed by atoms with Gasteiger partial charge in [0.1, 0.15) is 5.75 Å². The van der Waals surface area contributed by atoms with Gasteiger partial charge >= 0.3 is 0 Å². The van der Waals surface area contributed by atoms with Gasteiger partial charge in [0.25, 0.3) is 0 Å². The van der Waals surface area contributed by atoms with Crippen molar-refractivity contribution in [2.75, 3.05) is 7.11 Å². The van der Waals surface area contributed by atoms with Crippen LogP contribution in [0.3, 0.4) is 0 Å². The number of nitrogens with zero attached hydrogens (tertiary/aromatic N) is 1. The van der Waals surface area contributed by atoms with E-state index in [2.05, 4.69) is 0 Å². The van der Waals surface area contributed by atoms with Gasteiger partial charge in [-0.25, -0.2) is 0 Å². The fourth-order valence-electron chi connectivity index (χ4n) is 1.69. The van der Waals surface area contributed by atoms with Crippen LogP contribution in [0, 0.1) is 10.1 Å². The van der Waals surface area contributed by atoms with E-state index in [-0.39, 0.29) is 4.92 Å². The first-order valence-electron chi connectivity index (χ1n) is 5.43. The van der Waals surface area contributed by atoms with Crippen molar-refractivity contribution < 1.29 is 9.66 Å². The van der Waals surface area contributed by atoms with Gasteiger partial charge in [0, 0.05) is 17.8 Å². The van der Waals surface area contributed by atoms with E-state index in [9.17, 15) is 10.1 Å². The average Bonchev–Trinajstić information content (AvgIpc) is 2.28. The fraction of sp³-hybridized carbons (Fsp3) is 0.500. The molecular formula is C12H17NO3. The standard InChI is InChI=1S/C12H17NO3/c1-3-5-11(13(14)15)8-10-6-4-7-12(9-10)16-2/h4,6-7,9,11H,3,5,8H2,1-2H3. The van der Waals surface area contributed by atoms with Crippen LogP contribution in [0.25, 0.3) is 0 Å². The molecule has 0 bridgehead atoms. The van der Waals surface area contributed by atoms with Crippen LogP contribution in [-0.4, -0.2) is 18.1 Å². The molecule has 0 heterocycles. The van der Waals surface area contributed by atoms with Crippen LogP contribution in [-0.2, 0) is 6.42 Å². The van der Waals surface area contributed by atoms with Gasteiger partial charge in [-0.15, -0.1) is 0 Å². The van der Waals surface area contributed by atoms with E-state index < -0.39 is 6.04 Å². The Morgan fingerprint density at radius 3 is 2.81 bits per heavy atom. The molecule has 0 aliphatic carbocycles. The zero-order chi connectivity index (χ0) is 12.0. The molecule has 0 amide bonds. The van der Waals surface area contributed by atoms with Gasteiger partial charge in [0.05, 0.1) is 7.11 Å². The summed E-state index contributed by atoms with van der Waals surface area (Å²) in [6, 6.07) is 6.96. The first kappa shape index (κ1) is 12.5. The van der Waals surface area contributed by atoms with Crippen LogP contribution in [0.4, 0.5) is 0 Å². The Morgan fingerprint density at radius 2 is 2.25 bits per heavy atom. The Hall–Kier alpha value is -1.58. The molecule has 88 valence electrons. The summed E-state index contributed by atoms with van der Waals surface area (Å²) < 4.78 is 5.09. The summed E-state index contributed by atoms with van der Waals surface area (Å²) in [5, 5.41) is 10.8. The predicted molar refractivity (Wildman–Crippen MR) is 62.4 cm³/mol. The van der Waals surface area contributed by atoms with Crippen LogP contribution >= 0.6 is 0 Å². The molecule has 0 saturated heterocycles. The zero-order valence-corrected chi connectivity index (χ0v) is 9.68. The molecule has 0 N–H and O–H groups in total. The van der Waals surface area contributed by atoms with Crippen molar-refractivity contribution in [3.8, 4) is 5.75 Å². The summed E-state index contributed by atoms with van der Waals surface area (Å²) in [6.07, 6.45) is 1.91. The third kappa shape index (κ3) is 3.53. The van der Waals surface area contributed by atoms with Gasteiger partial charge < -0.3 is 4.74 Å². The lowest BCUT2D eigenvalue weighted by Gasteiger charge is -2.09. The van der Waals surface area contributed by atoms with E-state index in [1.807, 2.05) is 31.2 Å². The third-order valence-corrected chi connectivity index (χ3v) is 2.53. The molecule has 1 atom stereocenters. The van der Waals surface area contributed by atoms with Crippen molar-refractivity contribution >= 4 is 0 Å². The third-order valence-electron chi connectivity index (χ3n) is 2.53. The molecule has 16 heavy (non-hydrogen) atoms. The van der Waals surface area contributed by atoms with E-state index in [4.69, 9.17) is 4.74 Å². The Morgan fingerprint density at radius 1 is 1.50 bits per heavy atom. The first-order chi connectivity index (χ1) is 7.67. The number of benzene rings is 1. The Labute approximate surface area is 95.4 Å². The predicted octanol–water partition coefficient (Wildman–Crippen LogP) is 2.68. The van der Waals surface area contributed by atoms with Crippen LogP contribution in [0.15, 0.2) is 24.3 Å². The molecule has 0 aromatic heterocycles. The molecule has 0 aliphatic rings. The van der Waals surface area contributed by atoms with Gasteiger partial charge in [0.2, 0.25) is 6.04 Å². The summed E-state index contributed by atoms with van der Waals surface area (Å²) in [6.45, 7) is 1.96. The molecule has 1 aromatic carbocycles. The lowest BCUT2D eigenvalue weighted by Crippen LogP contribution is -2.21. The number of hydrogen-bond donors (Lipinski definition) is 0. The second-order valence-corrected chi connectivity index (χ2v) is 3.78. The summed E-state index contributed by atoms with van der Waals surface area (Å²) in [7, 11) is 1.59. The monoisotopic (exact) mass is 223 g/mol. The lowest BCUT2D eigenvalue weighted by molar-refractivity contribution is -0.523. The van der Waals surface area contributed by atoms with E-state index in [0.717, 1.165) is 17.7 Å². The topological polar surface area (TPSA) is 52.4 Å². The molecule has 0 spiro atoms. The number of methoxy groups -OCH3 is 1. The van der Waals surface area contributed by atoms with E-state index in [1.165, 1.54) is 0 Å². The zero-order valence-electron chi connectivity index (χ0n) is 9.68. The molecule has 1 unspecified atom stereocenters. The quantitative estimate of drug-likeness (QED) is 0.550. The van der Waals surface area contributed by atoms with Crippen LogP contribution < -0.4 is 4.74 Å². The molecule has 4 nitrogen and oxygen atoms in total. The molecule has 0 aliphatic heterocycles. The van der Waals surface area contributed by atoms with Gasteiger partial charge in [-0.1, -0.05) is 19.1 Å². The summed E-state index contributed by atoms with van der Waals surface area (Å²) in [5.41, 5.74) is 0.953. The molecule has 4 heteroatoms. The van der Waals surface area contributed by atoms with Gasteiger partial charge in [-0.3, -0.25) is 10.1 Å². The van der Waals surface area contributed by atoms with E-state index in [0.29, 0.717) is 12.8 Å². The minimum absolute atomic E-state index is 0.191. The van der Waals surface area contributed by atoms with E-state index >= 15 is 0 Å². The summed E-state index contributed by atoms with van der Waals surface area (Å²) in [4.78, 5) is 10.6. The average molecular weight is 223 g/mol. The highest BCUT2D eigenvalue weighted by Crippen LogP contribution is 2.16. The molecular weight excluding hydrogens is 206 g/mol. The second-order valence-electron chi connectivity index (χ2n) is 3.78. The normalized spacial score (nSPS) is 12.1. The van der Waals surface area contributed by atoms with Crippen molar-refractivity contribution in [3.63, 3.8) is 0 Å². The van der Waals surface area contributed by atoms with Gasteiger partial charge in [0.15, 0.2) is 0 Å². The highest BCUT2D eigenvalue weighted by Gasteiger charge is 2.19. The maximum absolute atomic E-state index is 10.8. The SMILES string of the molecule is CCCC(Cc1cccc(OC)c1)[N+](=O)[O-]. The molecule has 0 fully saturated rings. The Bertz CT molecular complexity index is 352. The Balaban J connectivity index is 2.72. The summed E-state index contributed by atoms with van der Waals surface area (Å²) in [5.74, 6) is 0.746. The number of rotatable bonds is 6. The maximum atomic E-state index is 10.8. The highest BCUT2D eigenvalue weighted by molar-refractivity contribution is 5.28. The van der Waals surface area contributed by atoms with Crippen molar-refractivity contribution in [2.24, 2.45) is 0 Å². The van der Waals surface area contributed by atoms with Crippen molar-refractivity contribution in [2.45, 2.75) is 32.2 Å². The van der Waals surface area contributed by atoms with Crippen LogP contribution in [0.2, 0.25) is 0 Å². The molecule has 1 rings (SSSR count). The number of hydrogen-bond acceptors (Lipinski definition) is 3.